The Kier molecular flexibility index (Phi) is 9.95. The van der Waals surface area contributed by atoms with Gasteiger partial charge in [-0.15, -0.1) is 35.8 Å². The third-order valence-corrected chi connectivity index (χ3v) is 4.28. The molecule has 0 saturated carbocycles. The fourth-order valence-electron chi connectivity index (χ4n) is 2.24. The van der Waals surface area contributed by atoms with E-state index in [-0.39, 0.29) is 4.84 Å². The average Bonchev–Trinajstić information content (AvgIpc) is 2.37. The Morgan fingerprint density at radius 2 is 1.42 bits per heavy atom. The zero-order valence-electron chi connectivity index (χ0n) is 11.6. The second-order valence-corrected chi connectivity index (χ2v) is 7.13. The maximum absolute atomic E-state index is 5.68. The van der Waals surface area contributed by atoms with Crippen LogP contribution in [0.2, 0.25) is 0 Å². The van der Waals surface area contributed by atoms with Crippen LogP contribution in [0.25, 0.3) is 0 Å². The van der Waals surface area contributed by atoms with Gasteiger partial charge in [-0.2, -0.15) is 0 Å². The molecule has 5 heteroatoms. The van der Waals surface area contributed by atoms with Crippen LogP contribution in [0.1, 0.15) is 64.2 Å². The summed E-state index contributed by atoms with van der Waals surface area (Å²) in [5, 5.41) is -0.617. The summed E-state index contributed by atoms with van der Waals surface area (Å²) in [5.41, 5.74) is 0. The normalized spacial score (nSPS) is 18.9. The van der Waals surface area contributed by atoms with E-state index in [1.54, 1.807) is 0 Å². The number of unbranched alkanes of at least 4 members (excludes halogenated alkanes) is 6. The molecule has 19 heavy (non-hydrogen) atoms. The van der Waals surface area contributed by atoms with Gasteiger partial charge in [0, 0.05) is 6.42 Å². The van der Waals surface area contributed by atoms with Gasteiger partial charge in [-0.05, 0) is 19.3 Å². The quantitative estimate of drug-likeness (QED) is 0.332. The maximum Gasteiger partial charge on any atom is 0.215 e. The lowest BCUT2D eigenvalue weighted by molar-refractivity contribution is -0.207. The number of alkyl halides is 2. The van der Waals surface area contributed by atoms with Crippen molar-refractivity contribution in [3.63, 3.8) is 0 Å². The molecule has 0 bridgehead atoms. The van der Waals surface area contributed by atoms with E-state index in [9.17, 15) is 0 Å². The van der Waals surface area contributed by atoms with E-state index in [0.29, 0.717) is 0 Å². The molecule has 0 atom stereocenters. The highest BCUT2D eigenvalue weighted by molar-refractivity contribution is 7.81. The highest BCUT2D eigenvalue weighted by Crippen LogP contribution is 2.29. The monoisotopic (exact) mass is 328 g/mol. The first kappa shape index (κ1) is 17.9. The minimum Gasteiger partial charge on any atom is -0.341 e. The SMILES string of the molecule is SC1(CCCCCCCCCC(Cl)Cl)OCCCO1. The van der Waals surface area contributed by atoms with Crippen LogP contribution >= 0.6 is 35.8 Å². The van der Waals surface area contributed by atoms with Crippen molar-refractivity contribution >= 4 is 35.8 Å². The molecule has 0 aromatic carbocycles. The molecule has 0 N–H and O–H groups in total. The molecular weight excluding hydrogens is 303 g/mol. The van der Waals surface area contributed by atoms with Gasteiger partial charge in [0.25, 0.3) is 0 Å². The summed E-state index contributed by atoms with van der Waals surface area (Å²) in [5.74, 6) is 0. The molecule has 0 aromatic heterocycles. The van der Waals surface area contributed by atoms with Gasteiger partial charge in [0.1, 0.15) is 4.84 Å². The van der Waals surface area contributed by atoms with Gasteiger partial charge in [-0.3, -0.25) is 0 Å². The topological polar surface area (TPSA) is 18.5 Å². The average molecular weight is 329 g/mol. The van der Waals surface area contributed by atoms with Gasteiger partial charge in [-0.25, -0.2) is 0 Å². The number of thiol groups is 1. The van der Waals surface area contributed by atoms with Gasteiger partial charge < -0.3 is 9.47 Å². The molecule has 114 valence electrons. The smallest absolute Gasteiger partial charge is 0.215 e. The van der Waals surface area contributed by atoms with Gasteiger partial charge in [0.15, 0.2) is 0 Å². The largest absolute Gasteiger partial charge is 0.341 e. The van der Waals surface area contributed by atoms with Crippen molar-refractivity contribution in [2.75, 3.05) is 13.2 Å². The zero-order chi connectivity index (χ0) is 14.0. The van der Waals surface area contributed by atoms with E-state index in [4.69, 9.17) is 32.7 Å². The van der Waals surface area contributed by atoms with Crippen molar-refractivity contribution < 1.29 is 9.47 Å². The fraction of sp³-hybridized carbons (Fsp3) is 1.00. The molecule has 0 radical (unpaired) electrons. The van der Waals surface area contributed by atoms with Crippen LogP contribution < -0.4 is 0 Å². The molecular formula is C14H26Cl2O2S. The van der Waals surface area contributed by atoms with E-state index in [2.05, 4.69) is 12.6 Å². The molecule has 1 aliphatic rings. The first-order valence-corrected chi connectivity index (χ1v) is 8.73. The van der Waals surface area contributed by atoms with Gasteiger partial charge >= 0.3 is 0 Å². The lowest BCUT2D eigenvalue weighted by Crippen LogP contribution is -2.35. The number of halogens is 2. The highest BCUT2D eigenvalue weighted by Gasteiger charge is 2.29. The van der Waals surface area contributed by atoms with Crippen LogP contribution in [0.5, 0.6) is 0 Å². The summed E-state index contributed by atoms with van der Waals surface area (Å²) in [6.07, 6.45) is 11.3. The number of rotatable bonds is 10. The molecule has 1 heterocycles. The molecule has 0 aromatic rings. The van der Waals surface area contributed by atoms with Crippen molar-refractivity contribution in [1.29, 1.82) is 0 Å². The van der Waals surface area contributed by atoms with Crippen LogP contribution in [0, 0.1) is 0 Å². The Labute approximate surface area is 132 Å². The van der Waals surface area contributed by atoms with Crippen LogP contribution in [-0.4, -0.2) is 23.2 Å². The Hall–Kier alpha value is 0.850. The lowest BCUT2D eigenvalue weighted by Gasteiger charge is -2.32. The highest BCUT2D eigenvalue weighted by atomic mass is 35.5. The van der Waals surface area contributed by atoms with Gasteiger partial charge in [0.05, 0.1) is 13.2 Å². The van der Waals surface area contributed by atoms with Crippen LogP contribution in [0.4, 0.5) is 0 Å². The van der Waals surface area contributed by atoms with Gasteiger partial charge in [-0.1, -0.05) is 38.5 Å². The van der Waals surface area contributed by atoms with E-state index >= 15 is 0 Å². The molecule has 0 unspecified atom stereocenters. The minimum atomic E-state index is -0.617. The van der Waals surface area contributed by atoms with Crippen LogP contribution in [-0.2, 0) is 9.47 Å². The third-order valence-electron chi connectivity index (χ3n) is 3.36. The summed E-state index contributed by atoms with van der Waals surface area (Å²) in [6, 6.07) is 0. The fourth-order valence-corrected chi connectivity index (χ4v) is 2.89. The van der Waals surface area contributed by atoms with E-state index < -0.39 is 5.12 Å². The summed E-state index contributed by atoms with van der Waals surface area (Å²) >= 11 is 15.8. The van der Waals surface area contributed by atoms with Crippen LogP contribution in [0.15, 0.2) is 0 Å². The van der Waals surface area contributed by atoms with E-state index in [1.807, 2.05) is 0 Å². The predicted molar refractivity (Wildman–Crippen MR) is 85.3 cm³/mol. The molecule has 1 fully saturated rings. The Balaban J connectivity index is 1.85. The van der Waals surface area contributed by atoms with Crippen molar-refractivity contribution in [2.45, 2.75) is 74.2 Å². The second kappa shape index (κ2) is 10.6. The number of hydrogen-bond donors (Lipinski definition) is 1. The van der Waals surface area contributed by atoms with Crippen molar-refractivity contribution in [3.8, 4) is 0 Å². The minimum absolute atomic E-state index is 0.193. The zero-order valence-corrected chi connectivity index (χ0v) is 14.0. The predicted octanol–water partition coefficient (Wildman–Crippen LogP) is 5.32. The Morgan fingerprint density at radius 1 is 0.895 bits per heavy atom. The van der Waals surface area contributed by atoms with E-state index in [1.165, 1.54) is 32.1 Å². The standard InChI is InChI=1S/C14H26Cl2O2S/c15-13(16)9-6-4-2-1-3-5-7-10-14(19)17-11-8-12-18-14/h13,19H,1-12H2. The van der Waals surface area contributed by atoms with E-state index in [0.717, 1.165) is 45.3 Å². The third kappa shape index (κ3) is 9.41. The molecule has 1 aliphatic heterocycles. The number of hydrogen-bond acceptors (Lipinski definition) is 3. The molecule has 0 amide bonds. The summed E-state index contributed by atoms with van der Waals surface area (Å²) in [4.78, 5) is -0.193. The lowest BCUT2D eigenvalue weighted by atomic mass is 10.1. The summed E-state index contributed by atoms with van der Waals surface area (Å²) in [7, 11) is 0. The number of ether oxygens (including phenoxy) is 2. The first-order chi connectivity index (χ1) is 9.12. The molecule has 1 rings (SSSR count). The second-order valence-electron chi connectivity index (χ2n) is 5.17. The maximum atomic E-state index is 5.68. The van der Waals surface area contributed by atoms with Gasteiger partial charge in [0.2, 0.25) is 5.12 Å². The van der Waals surface area contributed by atoms with Crippen molar-refractivity contribution in [2.24, 2.45) is 0 Å². The molecule has 0 spiro atoms. The first-order valence-electron chi connectivity index (χ1n) is 7.41. The Bertz CT molecular complexity index is 221. The molecule has 0 aliphatic carbocycles. The molecule has 2 nitrogen and oxygen atoms in total. The molecule has 1 saturated heterocycles. The van der Waals surface area contributed by atoms with Crippen LogP contribution in [0.3, 0.4) is 0 Å². The summed E-state index contributed by atoms with van der Waals surface area (Å²) < 4.78 is 11.1. The Morgan fingerprint density at radius 3 is 2.00 bits per heavy atom. The van der Waals surface area contributed by atoms with Crippen molar-refractivity contribution in [1.82, 2.24) is 0 Å². The van der Waals surface area contributed by atoms with Crippen molar-refractivity contribution in [3.05, 3.63) is 0 Å². The summed E-state index contributed by atoms with van der Waals surface area (Å²) in [6.45, 7) is 1.54.